The Morgan fingerprint density at radius 2 is 1.71 bits per heavy atom. The van der Waals surface area contributed by atoms with E-state index in [9.17, 15) is 14.4 Å². The van der Waals surface area contributed by atoms with Crippen molar-refractivity contribution in [2.75, 3.05) is 19.7 Å². The van der Waals surface area contributed by atoms with Crippen molar-refractivity contribution in [1.82, 2.24) is 15.5 Å². The van der Waals surface area contributed by atoms with E-state index in [1.54, 1.807) is 11.8 Å². The molecule has 5 fully saturated rings. The van der Waals surface area contributed by atoms with Gasteiger partial charge in [0.15, 0.2) is 0 Å². The Bertz CT molecular complexity index is 642. The smallest absolute Gasteiger partial charge is 0.409 e. The van der Waals surface area contributed by atoms with Crippen molar-refractivity contribution >= 4 is 17.9 Å². The number of hydrogen-bond acceptors (Lipinski definition) is 4. The first-order chi connectivity index (χ1) is 13.3. The second kappa shape index (κ2) is 7.23. The summed E-state index contributed by atoms with van der Waals surface area (Å²) in [6.45, 7) is 5.03. The van der Waals surface area contributed by atoms with Crippen molar-refractivity contribution in [2.45, 2.75) is 76.8 Å². The molecule has 1 aliphatic heterocycles. The molecule has 4 bridgehead atoms. The fourth-order valence-electron chi connectivity index (χ4n) is 6.81. The third kappa shape index (κ3) is 3.60. The minimum Gasteiger partial charge on any atom is -0.450 e. The quantitative estimate of drug-likeness (QED) is 0.769. The van der Waals surface area contributed by atoms with Crippen molar-refractivity contribution in [3.63, 3.8) is 0 Å². The summed E-state index contributed by atoms with van der Waals surface area (Å²) < 4.78 is 5.07. The summed E-state index contributed by atoms with van der Waals surface area (Å²) in [5, 5.41) is 6.53. The van der Waals surface area contributed by atoms with Crippen LogP contribution < -0.4 is 10.6 Å². The van der Waals surface area contributed by atoms with Crippen LogP contribution in [-0.4, -0.2) is 54.1 Å². The van der Waals surface area contributed by atoms with E-state index < -0.39 is 0 Å². The minimum atomic E-state index is -0.329. The number of nitrogens with one attached hydrogen (secondary N) is 2. The Morgan fingerprint density at radius 3 is 2.29 bits per heavy atom. The summed E-state index contributed by atoms with van der Waals surface area (Å²) in [7, 11) is 0. The van der Waals surface area contributed by atoms with Crippen molar-refractivity contribution in [3.8, 4) is 0 Å². The van der Waals surface area contributed by atoms with E-state index in [1.807, 2.05) is 6.92 Å². The first-order valence-corrected chi connectivity index (χ1v) is 10.8. The highest BCUT2D eigenvalue weighted by molar-refractivity contribution is 5.84. The predicted octanol–water partition coefficient (Wildman–Crippen LogP) is 2.20. The molecule has 0 aromatic carbocycles. The standard InChI is InChI=1S/C21H33N3O4/c1-3-28-19(27)24-6-4-17(5-7-24)22-18(26)20-9-15-8-16(10-20)12-21(11-15,13-20)23-14(2)25/h15-17H,3-13H2,1-2H3,(H,22,26)(H,23,25)/t15-,16-,20?,21?/m1/s1. The number of piperidine rings is 1. The van der Waals surface area contributed by atoms with E-state index in [4.69, 9.17) is 4.74 Å². The van der Waals surface area contributed by atoms with Crippen molar-refractivity contribution in [1.29, 1.82) is 0 Å². The molecule has 7 heteroatoms. The third-order valence-electron chi connectivity index (χ3n) is 7.34. The van der Waals surface area contributed by atoms with Gasteiger partial charge in [0.05, 0.1) is 12.0 Å². The SMILES string of the molecule is CCOC(=O)N1CCC(NC(=O)C23C[C@H]4C[C@@H](CC(NC(C)=O)(C4)C2)C3)CC1. The van der Waals surface area contributed by atoms with E-state index in [0.29, 0.717) is 31.5 Å². The highest BCUT2D eigenvalue weighted by atomic mass is 16.6. The summed E-state index contributed by atoms with van der Waals surface area (Å²) in [4.78, 5) is 38.8. The molecule has 2 N–H and O–H groups in total. The topological polar surface area (TPSA) is 87.7 Å². The number of carbonyl (C=O) groups is 3. The molecule has 156 valence electrons. The maximum absolute atomic E-state index is 13.4. The van der Waals surface area contributed by atoms with Crippen molar-refractivity contribution in [2.24, 2.45) is 17.3 Å². The highest BCUT2D eigenvalue weighted by Gasteiger charge is 2.61. The van der Waals surface area contributed by atoms with Crippen LogP contribution in [0.3, 0.4) is 0 Å². The van der Waals surface area contributed by atoms with E-state index in [-0.39, 0.29) is 34.9 Å². The third-order valence-corrected chi connectivity index (χ3v) is 7.34. The van der Waals surface area contributed by atoms with Crippen LogP contribution in [0.1, 0.15) is 65.2 Å². The molecular formula is C21H33N3O4. The van der Waals surface area contributed by atoms with Gasteiger partial charge in [0.1, 0.15) is 0 Å². The zero-order valence-electron chi connectivity index (χ0n) is 17.1. The van der Waals surface area contributed by atoms with Crippen molar-refractivity contribution in [3.05, 3.63) is 0 Å². The fraction of sp³-hybridized carbons (Fsp3) is 0.857. The molecule has 3 amide bonds. The Balaban J connectivity index is 1.39. The summed E-state index contributed by atoms with van der Waals surface area (Å²) in [6, 6.07) is 0.114. The van der Waals surface area contributed by atoms with Crippen LogP contribution >= 0.6 is 0 Å². The van der Waals surface area contributed by atoms with Gasteiger partial charge >= 0.3 is 6.09 Å². The predicted molar refractivity (Wildman–Crippen MR) is 103 cm³/mol. The molecule has 1 saturated heterocycles. The van der Waals surface area contributed by atoms with Gasteiger partial charge in [-0.25, -0.2) is 4.79 Å². The number of amides is 3. The number of ether oxygens (including phenoxy) is 1. The summed E-state index contributed by atoms with van der Waals surface area (Å²) in [6.07, 6.45) is 7.22. The van der Waals surface area contributed by atoms with Crippen LogP contribution in [0, 0.1) is 17.3 Å². The maximum Gasteiger partial charge on any atom is 0.409 e. The molecule has 5 rings (SSSR count). The van der Waals surface area contributed by atoms with Gasteiger partial charge in [0, 0.05) is 31.6 Å². The van der Waals surface area contributed by atoms with Gasteiger partial charge in [0.2, 0.25) is 11.8 Å². The van der Waals surface area contributed by atoms with Gasteiger partial charge in [-0.1, -0.05) is 0 Å². The lowest BCUT2D eigenvalue weighted by Gasteiger charge is -2.61. The average molecular weight is 392 g/mol. The van der Waals surface area contributed by atoms with Gasteiger partial charge in [-0.2, -0.15) is 0 Å². The van der Waals surface area contributed by atoms with Crippen LogP contribution in [0.5, 0.6) is 0 Å². The zero-order valence-corrected chi connectivity index (χ0v) is 17.1. The van der Waals surface area contributed by atoms with E-state index in [1.165, 1.54) is 6.42 Å². The Morgan fingerprint density at radius 1 is 1.07 bits per heavy atom. The van der Waals surface area contributed by atoms with E-state index in [2.05, 4.69) is 10.6 Å². The largest absolute Gasteiger partial charge is 0.450 e. The van der Waals surface area contributed by atoms with Crippen molar-refractivity contribution < 1.29 is 19.1 Å². The number of nitrogens with zero attached hydrogens (tertiary/aromatic N) is 1. The van der Waals surface area contributed by atoms with Crippen LogP contribution in [0.2, 0.25) is 0 Å². The number of rotatable bonds is 4. The molecule has 28 heavy (non-hydrogen) atoms. The van der Waals surface area contributed by atoms with Crippen LogP contribution in [-0.2, 0) is 14.3 Å². The number of likely N-dealkylation sites (tertiary alicyclic amines) is 1. The maximum atomic E-state index is 13.4. The van der Waals surface area contributed by atoms with Gasteiger partial charge in [-0.15, -0.1) is 0 Å². The molecule has 5 aliphatic rings. The summed E-state index contributed by atoms with van der Waals surface area (Å²) in [5.74, 6) is 1.28. The van der Waals surface area contributed by atoms with Gasteiger partial charge in [0.25, 0.3) is 0 Å². The molecule has 4 saturated carbocycles. The molecule has 0 spiro atoms. The van der Waals surface area contributed by atoms with Gasteiger partial charge < -0.3 is 20.3 Å². The molecule has 2 atom stereocenters. The molecule has 0 aromatic rings. The van der Waals surface area contributed by atoms with Crippen LogP contribution in [0.4, 0.5) is 4.79 Å². The molecular weight excluding hydrogens is 358 g/mol. The van der Waals surface area contributed by atoms with Crippen LogP contribution in [0.15, 0.2) is 0 Å². The molecule has 1 heterocycles. The number of carbonyl (C=O) groups excluding carboxylic acids is 3. The first-order valence-electron chi connectivity index (χ1n) is 10.8. The normalized spacial score (nSPS) is 36.9. The Labute approximate surface area is 166 Å². The Kier molecular flexibility index (Phi) is 5.04. The minimum absolute atomic E-state index is 0.0174. The highest BCUT2D eigenvalue weighted by Crippen LogP contribution is 2.61. The fourth-order valence-corrected chi connectivity index (χ4v) is 6.81. The second-order valence-corrected chi connectivity index (χ2v) is 9.64. The van der Waals surface area contributed by atoms with Gasteiger partial charge in [-0.05, 0) is 70.1 Å². The summed E-state index contributed by atoms with van der Waals surface area (Å²) >= 11 is 0. The molecule has 0 radical (unpaired) electrons. The average Bonchev–Trinajstić information content (AvgIpc) is 2.60. The van der Waals surface area contributed by atoms with Crippen LogP contribution in [0.25, 0.3) is 0 Å². The van der Waals surface area contributed by atoms with Gasteiger partial charge in [-0.3, -0.25) is 9.59 Å². The summed E-state index contributed by atoms with van der Waals surface area (Å²) in [5.41, 5.74) is -0.509. The van der Waals surface area contributed by atoms with E-state index >= 15 is 0 Å². The number of hydrogen-bond donors (Lipinski definition) is 2. The lowest BCUT2D eigenvalue weighted by Crippen LogP contribution is -2.66. The monoisotopic (exact) mass is 391 g/mol. The molecule has 4 aliphatic carbocycles. The first kappa shape index (κ1) is 19.5. The Hall–Kier alpha value is -1.79. The molecule has 0 unspecified atom stereocenters. The second-order valence-electron chi connectivity index (χ2n) is 9.64. The van der Waals surface area contributed by atoms with E-state index in [0.717, 1.165) is 44.9 Å². The lowest BCUT2D eigenvalue weighted by atomic mass is 9.46. The zero-order chi connectivity index (χ0) is 19.9. The lowest BCUT2D eigenvalue weighted by molar-refractivity contribution is -0.154. The molecule has 7 nitrogen and oxygen atoms in total. The molecule has 0 aromatic heterocycles.